The number of hydrogen-bond acceptors (Lipinski definition) is 0. The van der Waals surface area contributed by atoms with E-state index in [-0.39, 0.29) is 34.1 Å². The molecule has 0 fully saturated rings. The maximum absolute atomic E-state index is 2.16. The van der Waals surface area contributed by atoms with Crippen LogP contribution in [0.5, 0.6) is 0 Å². The second-order valence-corrected chi connectivity index (χ2v) is 6.59. The summed E-state index contributed by atoms with van der Waals surface area (Å²) in [6.45, 7) is 8.65. The first-order valence-corrected chi connectivity index (χ1v) is 10.6. The van der Waals surface area contributed by atoms with Gasteiger partial charge >= 0.3 is 34.1 Å². The Labute approximate surface area is 206 Å². The Bertz CT molecular complexity index is 606. The number of rotatable bonds is 4. The van der Waals surface area contributed by atoms with Gasteiger partial charge in [0, 0.05) is 0 Å². The first kappa shape index (κ1) is 30.6. The van der Waals surface area contributed by atoms with Gasteiger partial charge in [0.15, 0.2) is 0 Å². The summed E-state index contributed by atoms with van der Waals surface area (Å²) in [5, 5.41) is 0. The van der Waals surface area contributed by atoms with E-state index in [0.29, 0.717) is 0 Å². The van der Waals surface area contributed by atoms with Crippen LogP contribution >= 0.6 is 0 Å². The molecule has 0 heterocycles. The van der Waals surface area contributed by atoms with Crippen molar-refractivity contribution < 1.29 is 34.1 Å². The molecular weight excluding hydrogens is 448 g/mol. The van der Waals surface area contributed by atoms with Crippen LogP contribution in [-0.4, -0.2) is 0 Å². The summed E-state index contributed by atoms with van der Waals surface area (Å²) in [5.41, 5.74) is 5.72. The zero-order chi connectivity index (χ0) is 20.5. The Morgan fingerprint density at radius 1 is 0.333 bits per heavy atom. The van der Waals surface area contributed by atoms with Crippen LogP contribution in [0.1, 0.15) is 49.9 Å². The second kappa shape index (κ2) is 20.7. The van der Waals surface area contributed by atoms with Gasteiger partial charge in [-0.05, 0) is 0 Å². The molecule has 0 aliphatic heterocycles. The summed E-state index contributed by atoms with van der Waals surface area (Å²) >= 11 is 0. The van der Waals surface area contributed by atoms with Crippen molar-refractivity contribution in [1.29, 1.82) is 0 Å². The Balaban J connectivity index is 0. The standard InChI is InChI=1S/4C7H9.2Fe/c4*1-2-7-5-3-4-6-7;;/h4*3-6H,2H2,1H3;;/q4*-1;2*+2. The van der Waals surface area contributed by atoms with E-state index in [1.807, 2.05) is 0 Å². The van der Waals surface area contributed by atoms with Crippen LogP contribution in [0.25, 0.3) is 0 Å². The van der Waals surface area contributed by atoms with Crippen LogP contribution in [-0.2, 0) is 59.8 Å². The van der Waals surface area contributed by atoms with E-state index >= 15 is 0 Å². The zero-order valence-corrected chi connectivity index (χ0v) is 21.0. The molecule has 0 aliphatic rings. The summed E-state index contributed by atoms with van der Waals surface area (Å²) in [5.74, 6) is 0. The van der Waals surface area contributed by atoms with E-state index in [4.69, 9.17) is 0 Å². The first-order chi connectivity index (χ1) is 13.7. The second-order valence-electron chi connectivity index (χ2n) is 6.59. The minimum Gasteiger partial charge on any atom is -0.213 e. The van der Waals surface area contributed by atoms with Gasteiger partial charge in [-0.3, -0.25) is 0 Å². The summed E-state index contributed by atoms with van der Waals surface area (Å²) in [4.78, 5) is 0. The number of aryl methyl sites for hydroxylation is 4. The molecule has 0 N–H and O–H groups in total. The maximum Gasteiger partial charge on any atom is 2.00 e. The third kappa shape index (κ3) is 14.4. The topological polar surface area (TPSA) is 0 Å². The van der Waals surface area contributed by atoms with Crippen molar-refractivity contribution in [2.75, 3.05) is 0 Å². The molecule has 0 atom stereocenters. The molecule has 30 heavy (non-hydrogen) atoms. The van der Waals surface area contributed by atoms with Gasteiger partial charge in [-0.2, -0.15) is 70.8 Å². The van der Waals surface area contributed by atoms with E-state index in [0.717, 1.165) is 25.7 Å². The molecule has 4 aromatic rings. The molecule has 0 saturated heterocycles. The van der Waals surface area contributed by atoms with E-state index in [1.54, 1.807) is 0 Å². The van der Waals surface area contributed by atoms with Crippen molar-refractivity contribution in [1.82, 2.24) is 0 Å². The quantitative estimate of drug-likeness (QED) is 0.204. The summed E-state index contributed by atoms with van der Waals surface area (Å²) in [6.07, 6.45) is 4.64. The van der Waals surface area contributed by atoms with E-state index in [9.17, 15) is 0 Å². The van der Waals surface area contributed by atoms with E-state index in [2.05, 4.69) is 125 Å². The van der Waals surface area contributed by atoms with Gasteiger partial charge in [-0.25, -0.2) is 48.5 Å². The average Bonchev–Trinajstić information content (AvgIpc) is 3.57. The van der Waals surface area contributed by atoms with Crippen molar-refractivity contribution >= 4 is 0 Å². The Kier molecular flexibility index (Phi) is 21.1. The maximum atomic E-state index is 2.16. The van der Waals surface area contributed by atoms with Crippen LogP contribution in [0.4, 0.5) is 0 Å². The molecule has 0 radical (unpaired) electrons. The van der Waals surface area contributed by atoms with Gasteiger partial charge in [-0.1, -0.05) is 53.4 Å². The summed E-state index contributed by atoms with van der Waals surface area (Å²) < 4.78 is 0. The molecule has 0 nitrogen and oxygen atoms in total. The van der Waals surface area contributed by atoms with Crippen LogP contribution < -0.4 is 0 Å². The monoisotopic (exact) mass is 484 g/mol. The Morgan fingerprint density at radius 2 is 0.467 bits per heavy atom. The third-order valence-electron chi connectivity index (χ3n) is 4.56. The van der Waals surface area contributed by atoms with Crippen LogP contribution in [0, 0.1) is 0 Å². The minimum absolute atomic E-state index is 0. The molecular formula is C28H36Fe2. The number of hydrogen-bond donors (Lipinski definition) is 0. The fraction of sp³-hybridized carbons (Fsp3) is 0.286. The van der Waals surface area contributed by atoms with Crippen molar-refractivity contribution in [3.05, 3.63) is 119 Å². The van der Waals surface area contributed by atoms with Gasteiger partial charge in [0.2, 0.25) is 0 Å². The molecule has 4 aromatic carbocycles. The smallest absolute Gasteiger partial charge is 0.213 e. The van der Waals surface area contributed by atoms with Crippen LogP contribution in [0.2, 0.25) is 0 Å². The van der Waals surface area contributed by atoms with E-state index < -0.39 is 0 Å². The molecule has 0 aromatic heterocycles. The third-order valence-corrected chi connectivity index (χ3v) is 4.56. The summed E-state index contributed by atoms with van der Waals surface area (Å²) in [6, 6.07) is 33.7. The van der Waals surface area contributed by atoms with Crippen molar-refractivity contribution in [2.45, 2.75) is 53.4 Å². The molecule has 164 valence electrons. The van der Waals surface area contributed by atoms with Gasteiger partial charge < -0.3 is 0 Å². The average molecular weight is 484 g/mol. The molecule has 0 spiro atoms. The molecule has 0 saturated carbocycles. The zero-order valence-electron chi connectivity index (χ0n) is 18.8. The predicted molar refractivity (Wildman–Crippen MR) is 126 cm³/mol. The fourth-order valence-corrected chi connectivity index (χ4v) is 2.60. The molecule has 0 amide bonds. The molecule has 4 rings (SSSR count). The van der Waals surface area contributed by atoms with Crippen LogP contribution in [0.15, 0.2) is 97.1 Å². The van der Waals surface area contributed by atoms with E-state index in [1.165, 1.54) is 22.3 Å². The fourth-order valence-electron chi connectivity index (χ4n) is 2.60. The largest absolute Gasteiger partial charge is 2.00 e. The summed E-state index contributed by atoms with van der Waals surface area (Å²) in [7, 11) is 0. The van der Waals surface area contributed by atoms with Crippen molar-refractivity contribution in [3.63, 3.8) is 0 Å². The molecule has 0 aliphatic carbocycles. The minimum atomic E-state index is 0. The predicted octanol–water partition coefficient (Wildman–Crippen LogP) is 7.87. The van der Waals surface area contributed by atoms with Gasteiger partial charge in [-0.15, -0.1) is 0 Å². The van der Waals surface area contributed by atoms with Crippen molar-refractivity contribution in [3.8, 4) is 0 Å². The molecule has 2 heteroatoms. The van der Waals surface area contributed by atoms with Gasteiger partial charge in [0.05, 0.1) is 0 Å². The molecule has 0 bridgehead atoms. The Morgan fingerprint density at radius 3 is 0.533 bits per heavy atom. The van der Waals surface area contributed by atoms with Gasteiger partial charge in [0.25, 0.3) is 0 Å². The molecule has 0 unspecified atom stereocenters. The first-order valence-electron chi connectivity index (χ1n) is 10.6. The van der Waals surface area contributed by atoms with Crippen molar-refractivity contribution in [2.24, 2.45) is 0 Å². The van der Waals surface area contributed by atoms with Crippen LogP contribution in [0.3, 0.4) is 0 Å². The normalized spacial score (nSPS) is 8.67. The Hall–Kier alpha value is -1.56. The SMILES string of the molecule is CC[c-]1cccc1.CC[c-]1cccc1.CC[c-]1cccc1.CC[c-]1cccc1.[Fe+2].[Fe+2]. The van der Waals surface area contributed by atoms with Gasteiger partial charge in [0.1, 0.15) is 0 Å².